The van der Waals surface area contributed by atoms with Gasteiger partial charge in [-0.15, -0.1) is 0 Å². The van der Waals surface area contributed by atoms with Gasteiger partial charge in [-0.25, -0.2) is 8.42 Å². The minimum Gasteiger partial charge on any atom is -0.357 e. The van der Waals surface area contributed by atoms with Gasteiger partial charge in [0, 0.05) is 17.2 Å². The van der Waals surface area contributed by atoms with Gasteiger partial charge in [-0.1, -0.05) is 24.3 Å². The highest BCUT2D eigenvalue weighted by Crippen LogP contribution is 2.21. The largest absolute Gasteiger partial charge is 0.357 e. The van der Waals surface area contributed by atoms with Crippen LogP contribution in [0.2, 0.25) is 0 Å². The molecule has 2 aromatic rings. The second-order valence-corrected chi connectivity index (χ2v) is 10.1. The molecule has 0 bridgehead atoms. The zero-order valence-corrected chi connectivity index (χ0v) is 20.4. The fourth-order valence-electron chi connectivity index (χ4n) is 2.98. The number of halogens is 1. The molecule has 1 atom stereocenters. The summed E-state index contributed by atoms with van der Waals surface area (Å²) >= 11 is 2.12. The lowest BCUT2D eigenvalue weighted by Crippen LogP contribution is -2.50. The summed E-state index contributed by atoms with van der Waals surface area (Å²) in [6.45, 7) is 3.36. The van der Waals surface area contributed by atoms with E-state index in [0.29, 0.717) is 5.69 Å². The van der Waals surface area contributed by atoms with E-state index in [0.717, 1.165) is 25.3 Å². The van der Waals surface area contributed by atoms with E-state index in [2.05, 4.69) is 27.9 Å². The molecule has 30 heavy (non-hydrogen) atoms. The lowest BCUT2D eigenvalue weighted by molar-refractivity contribution is -0.139. The Morgan fingerprint density at radius 3 is 2.23 bits per heavy atom. The van der Waals surface area contributed by atoms with Crippen LogP contribution in [-0.2, 0) is 26.2 Å². The van der Waals surface area contributed by atoms with Crippen molar-refractivity contribution in [1.82, 2.24) is 10.2 Å². The molecule has 0 saturated carbocycles. The van der Waals surface area contributed by atoms with Crippen molar-refractivity contribution < 1.29 is 18.0 Å². The van der Waals surface area contributed by atoms with Gasteiger partial charge in [0.2, 0.25) is 21.8 Å². The number of amides is 2. The van der Waals surface area contributed by atoms with E-state index in [1.54, 1.807) is 31.2 Å². The van der Waals surface area contributed by atoms with Crippen LogP contribution in [0, 0.1) is 10.5 Å². The maximum absolute atomic E-state index is 13.3. The zero-order valence-electron chi connectivity index (χ0n) is 17.4. The van der Waals surface area contributed by atoms with Crippen LogP contribution in [0.5, 0.6) is 0 Å². The average Bonchev–Trinajstić information content (AvgIpc) is 2.70. The Bertz CT molecular complexity index is 1010. The quantitative estimate of drug-likeness (QED) is 0.519. The molecule has 0 aliphatic rings. The highest BCUT2D eigenvalue weighted by Gasteiger charge is 2.29. The number of nitrogens with zero attached hydrogens (tertiary/aromatic N) is 2. The van der Waals surface area contributed by atoms with Crippen molar-refractivity contribution in [2.75, 3.05) is 24.2 Å². The minimum atomic E-state index is -3.71. The standard InChI is InChI=1S/C21H26IN3O4S/c1-15-7-5-6-8-17(15)13-24(16(2)21(27)23-3)20(26)14-25(30(4,28)29)19-11-9-18(22)10-12-19/h5-12,16H,13-14H2,1-4H3,(H,23,27)/t16-/m0/s1. The Morgan fingerprint density at radius 1 is 1.10 bits per heavy atom. The first-order chi connectivity index (χ1) is 14.0. The molecule has 0 saturated heterocycles. The van der Waals surface area contributed by atoms with Crippen LogP contribution in [0.15, 0.2) is 48.5 Å². The highest BCUT2D eigenvalue weighted by atomic mass is 127. The van der Waals surface area contributed by atoms with Crippen LogP contribution in [0.1, 0.15) is 18.1 Å². The van der Waals surface area contributed by atoms with E-state index in [1.807, 2.05) is 31.2 Å². The number of nitrogens with one attached hydrogen (secondary N) is 1. The molecule has 0 radical (unpaired) electrons. The number of benzene rings is 2. The van der Waals surface area contributed by atoms with Crippen LogP contribution < -0.4 is 9.62 Å². The van der Waals surface area contributed by atoms with Crippen LogP contribution in [-0.4, -0.2) is 51.0 Å². The summed E-state index contributed by atoms with van der Waals surface area (Å²) < 4.78 is 26.9. The first-order valence-electron chi connectivity index (χ1n) is 9.33. The van der Waals surface area contributed by atoms with Gasteiger partial charge < -0.3 is 10.2 Å². The molecule has 0 fully saturated rings. The number of carbonyl (C=O) groups is 2. The maximum Gasteiger partial charge on any atom is 0.244 e. The van der Waals surface area contributed by atoms with Crippen molar-refractivity contribution in [2.45, 2.75) is 26.4 Å². The average molecular weight is 543 g/mol. The molecule has 0 aliphatic heterocycles. The number of carbonyl (C=O) groups excluding carboxylic acids is 2. The number of sulfonamides is 1. The molecule has 1 N–H and O–H groups in total. The predicted octanol–water partition coefficient (Wildman–Crippen LogP) is 2.53. The van der Waals surface area contributed by atoms with E-state index in [-0.39, 0.29) is 12.5 Å². The molecular weight excluding hydrogens is 517 g/mol. The summed E-state index contributed by atoms with van der Waals surface area (Å²) in [6.07, 6.45) is 1.06. The monoisotopic (exact) mass is 543 g/mol. The molecule has 7 nitrogen and oxygen atoms in total. The van der Waals surface area contributed by atoms with Crippen LogP contribution in [0.3, 0.4) is 0 Å². The Labute approximate surface area is 191 Å². The smallest absolute Gasteiger partial charge is 0.244 e. The van der Waals surface area contributed by atoms with Crippen molar-refractivity contribution in [2.24, 2.45) is 0 Å². The number of likely N-dealkylation sites (N-methyl/N-ethyl adjacent to an activating group) is 1. The fourth-order valence-corrected chi connectivity index (χ4v) is 4.19. The number of rotatable bonds is 8. The molecule has 2 rings (SSSR count). The van der Waals surface area contributed by atoms with E-state index < -0.39 is 28.5 Å². The van der Waals surface area contributed by atoms with Gasteiger partial charge >= 0.3 is 0 Å². The third kappa shape index (κ3) is 6.18. The summed E-state index contributed by atoms with van der Waals surface area (Å²) in [5, 5.41) is 2.56. The van der Waals surface area contributed by atoms with Crippen molar-refractivity contribution in [3.05, 3.63) is 63.2 Å². The van der Waals surface area contributed by atoms with Crippen LogP contribution in [0.25, 0.3) is 0 Å². The summed E-state index contributed by atoms with van der Waals surface area (Å²) in [5.41, 5.74) is 2.27. The topological polar surface area (TPSA) is 86.8 Å². The second kappa shape index (κ2) is 10.3. The Balaban J connectivity index is 2.38. The normalized spacial score (nSPS) is 12.2. The molecule has 2 amide bonds. The van der Waals surface area contributed by atoms with Crippen molar-refractivity contribution in [3.8, 4) is 0 Å². The number of anilines is 1. The molecule has 0 heterocycles. The fraction of sp³-hybridized carbons (Fsp3) is 0.333. The third-order valence-corrected chi connectivity index (χ3v) is 6.67. The van der Waals surface area contributed by atoms with Crippen LogP contribution in [0.4, 0.5) is 5.69 Å². The van der Waals surface area contributed by atoms with Gasteiger partial charge in [0.15, 0.2) is 0 Å². The van der Waals surface area contributed by atoms with Crippen molar-refractivity contribution in [1.29, 1.82) is 0 Å². The van der Waals surface area contributed by atoms with Gasteiger partial charge in [0.05, 0.1) is 11.9 Å². The predicted molar refractivity (Wildman–Crippen MR) is 127 cm³/mol. The minimum absolute atomic E-state index is 0.199. The van der Waals surface area contributed by atoms with Gasteiger partial charge in [0.1, 0.15) is 12.6 Å². The molecular formula is C21H26IN3O4S. The number of hydrogen-bond donors (Lipinski definition) is 1. The van der Waals surface area contributed by atoms with Gasteiger partial charge in [-0.3, -0.25) is 13.9 Å². The van der Waals surface area contributed by atoms with Gasteiger partial charge in [-0.2, -0.15) is 0 Å². The summed E-state index contributed by atoms with van der Waals surface area (Å²) in [5.74, 6) is -0.782. The highest BCUT2D eigenvalue weighted by molar-refractivity contribution is 14.1. The van der Waals surface area contributed by atoms with Gasteiger partial charge in [0.25, 0.3) is 0 Å². The lowest BCUT2D eigenvalue weighted by Gasteiger charge is -2.31. The van der Waals surface area contributed by atoms with Crippen molar-refractivity contribution in [3.63, 3.8) is 0 Å². The van der Waals surface area contributed by atoms with E-state index in [4.69, 9.17) is 0 Å². The van der Waals surface area contributed by atoms with Gasteiger partial charge in [-0.05, 0) is 71.8 Å². The molecule has 0 aromatic heterocycles. The maximum atomic E-state index is 13.3. The Morgan fingerprint density at radius 2 is 1.70 bits per heavy atom. The van der Waals surface area contributed by atoms with Crippen molar-refractivity contribution >= 4 is 50.1 Å². The number of hydrogen-bond acceptors (Lipinski definition) is 4. The molecule has 9 heteroatoms. The molecule has 0 spiro atoms. The molecule has 2 aromatic carbocycles. The van der Waals surface area contributed by atoms with Crippen LogP contribution >= 0.6 is 22.6 Å². The lowest BCUT2D eigenvalue weighted by atomic mass is 10.1. The summed E-state index contributed by atoms with van der Waals surface area (Å²) in [7, 11) is -2.21. The molecule has 0 aliphatic carbocycles. The first-order valence-corrected chi connectivity index (χ1v) is 12.3. The third-order valence-electron chi connectivity index (χ3n) is 4.81. The van der Waals surface area contributed by atoms with E-state index in [1.165, 1.54) is 11.9 Å². The molecule has 162 valence electrons. The summed E-state index contributed by atoms with van der Waals surface area (Å²) in [4.78, 5) is 27.0. The SMILES string of the molecule is CNC(=O)[C@H](C)N(Cc1ccccc1C)C(=O)CN(c1ccc(I)cc1)S(C)(=O)=O. The summed E-state index contributed by atoms with van der Waals surface area (Å²) in [6, 6.07) is 13.7. The van der Waals surface area contributed by atoms with E-state index >= 15 is 0 Å². The zero-order chi connectivity index (χ0) is 22.5. The number of aryl methyl sites for hydroxylation is 1. The van der Waals surface area contributed by atoms with E-state index in [9.17, 15) is 18.0 Å². The Hall–Kier alpha value is -2.14. The first kappa shape index (κ1) is 24.1. The second-order valence-electron chi connectivity index (χ2n) is 6.98. The molecule has 0 unspecified atom stereocenters. The Kier molecular flexibility index (Phi) is 8.25.